The van der Waals surface area contributed by atoms with Gasteiger partial charge in [0, 0.05) is 43.8 Å². The van der Waals surface area contributed by atoms with Gasteiger partial charge in [-0.05, 0) is 23.6 Å². The molecule has 7 heteroatoms. The van der Waals surface area contributed by atoms with Crippen molar-refractivity contribution in [2.75, 3.05) is 26.2 Å². The molecule has 1 fully saturated rings. The average Bonchev–Trinajstić information content (AvgIpc) is 3.08. The third-order valence-corrected chi connectivity index (χ3v) is 4.74. The normalized spacial score (nSPS) is 15.6. The number of piperazine rings is 1. The van der Waals surface area contributed by atoms with Gasteiger partial charge in [-0.2, -0.15) is 0 Å². The molecule has 0 saturated carbocycles. The fourth-order valence-corrected chi connectivity index (χ4v) is 3.33. The maximum Gasteiger partial charge on any atom is 0.267 e. The maximum atomic E-state index is 12.5. The maximum absolute atomic E-state index is 12.5. The Morgan fingerprint density at radius 3 is 2.52 bits per heavy atom. The molecular weight excluding hydrogens is 312 g/mol. The average molecular weight is 330 g/mol. The third-order valence-electron chi connectivity index (χ3n) is 3.88. The summed E-state index contributed by atoms with van der Waals surface area (Å²) in [5.41, 5.74) is 5.81. The van der Waals surface area contributed by atoms with Crippen LogP contribution in [0.1, 0.15) is 25.7 Å². The summed E-state index contributed by atoms with van der Waals surface area (Å²) < 4.78 is 0. The summed E-state index contributed by atoms with van der Waals surface area (Å²) >= 11 is 1.76. The smallest absolute Gasteiger partial charge is 0.267 e. The lowest BCUT2D eigenvalue weighted by molar-refractivity contribution is 0.0629. The first kappa shape index (κ1) is 15.6. The number of nitrogens with zero attached hydrogens (tertiary/aromatic N) is 3. The predicted molar refractivity (Wildman–Crippen MR) is 88.3 cm³/mol. The second-order valence-corrected chi connectivity index (χ2v) is 6.48. The Hall–Kier alpha value is -2.25. The van der Waals surface area contributed by atoms with E-state index in [1.54, 1.807) is 17.4 Å². The molecule has 0 aromatic carbocycles. The van der Waals surface area contributed by atoms with E-state index >= 15 is 0 Å². The number of nitrogens with two attached hydrogens (primary N) is 1. The van der Waals surface area contributed by atoms with Crippen LogP contribution in [0.15, 0.2) is 35.8 Å². The molecule has 3 heterocycles. The van der Waals surface area contributed by atoms with Crippen molar-refractivity contribution in [1.29, 1.82) is 0 Å². The van der Waals surface area contributed by atoms with Crippen molar-refractivity contribution < 1.29 is 9.59 Å². The lowest BCUT2D eigenvalue weighted by atomic mass is 10.2. The molecule has 120 valence electrons. The summed E-state index contributed by atoms with van der Waals surface area (Å²) in [6.07, 6.45) is 1.42. The van der Waals surface area contributed by atoms with Crippen LogP contribution >= 0.6 is 11.3 Å². The fourth-order valence-electron chi connectivity index (χ4n) is 2.58. The van der Waals surface area contributed by atoms with Crippen LogP contribution in [0.25, 0.3) is 0 Å². The molecular formula is C16H18N4O2S. The molecule has 1 aliphatic rings. The zero-order chi connectivity index (χ0) is 16.2. The Bertz CT molecular complexity index is 677. The number of thiophene rings is 1. The molecule has 2 N–H and O–H groups in total. The summed E-state index contributed by atoms with van der Waals surface area (Å²) in [7, 11) is 0. The van der Waals surface area contributed by atoms with Crippen LogP contribution in [0.5, 0.6) is 0 Å². The lowest BCUT2D eigenvalue weighted by Crippen LogP contribution is -2.48. The van der Waals surface area contributed by atoms with Crippen molar-refractivity contribution in [3.63, 3.8) is 0 Å². The molecule has 0 unspecified atom stereocenters. The number of rotatable bonds is 4. The fraction of sp³-hybridized carbons (Fsp3) is 0.312. The number of carbonyl (C=O) groups is 2. The van der Waals surface area contributed by atoms with Crippen LogP contribution in [0, 0.1) is 0 Å². The van der Waals surface area contributed by atoms with E-state index < -0.39 is 5.91 Å². The standard InChI is InChI=1S/C16H18N4O2S/c17-15(21)14-4-3-12(10-18-14)16(22)20-7-5-19(6-8-20)11-13-2-1-9-23-13/h1-4,9-10H,5-8,11H2,(H2,17,21). The van der Waals surface area contributed by atoms with Gasteiger partial charge in [-0.3, -0.25) is 19.5 Å². The molecule has 0 radical (unpaired) electrons. The molecule has 0 aliphatic carbocycles. The highest BCUT2D eigenvalue weighted by atomic mass is 32.1. The molecule has 0 atom stereocenters. The minimum atomic E-state index is -0.591. The molecule has 0 spiro atoms. The second kappa shape index (κ2) is 6.89. The number of pyridine rings is 1. The summed E-state index contributed by atoms with van der Waals surface area (Å²) in [5.74, 6) is -0.643. The van der Waals surface area contributed by atoms with E-state index in [1.165, 1.54) is 17.1 Å². The van der Waals surface area contributed by atoms with E-state index in [2.05, 4.69) is 27.4 Å². The van der Waals surface area contributed by atoms with E-state index in [4.69, 9.17) is 5.73 Å². The number of aromatic nitrogens is 1. The lowest BCUT2D eigenvalue weighted by Gasteiger charge is -2.34. The van der Waals surface area contributed by atoms with Gasteiger partial charge >= 0.3 is 0 Å². The Morgan fingerprint density at radius 1 is 1.17 bits per heavy atom. The molecule has 2 aromatic heterocycles. The Balaban J connectivity index is 1.56. The molecule has 3 rings (SSSR count). The SMILES string of the molecule is NC(=O)c1ccc(C(=O)N2CCN(Cc3cccs3)CC2)cn1. The second-order valence-electron chi connectivity index (χ2n) is 5.44. The molecule has 6 nitrogen and oxygen atoms in total. The quantitative estimate of drug-likeness (QED) is 0.913. The summed E-state index contributed by atoms with van der Waals surface area (Å²) in [4.78, 5) is 32.9. The third kappa shape index (κ3) is 3.75. The van der Waals surface area contributed by atoms with Crippen molar-refractivity contribution in [1.82, 2.24) is 14.8 Å². The van der Waals surface area contributed by atoms with Gasteiger partial charge in [-0.25, -0.2) is 0 Å². The summed E-state index contributed by atoms with van der Waals surface area (Å²) in [6.45, 7) is 4.05. The van der Waals surface area contributed by atoms with Crippen LogP contribution in [-0.4, -0.2) is 52.8 Å². The van der Waals surface area contributed by atoms with Crippen molar-refractivity contribution >= 4 is 23.2 Å². The molecule has 2 amide bonds. The molecule has 0 bridgehead atoms. The van der Waals surface area contributed by atoms with Crippen LogP contribution in [0.3, 0.4) is 0 Å². The van der Waals surface area contributed by atoms with Crippen molar-refractivity contribution in [3.8, 4) is 0 Å². The number of amides is 2. The van der Waals surface area contributed by atoms with Gasteiger partial charge in [0.15, 0.2) is 0 Å². The van der Waals surface area contributed by atoms with Gasteiger partial charge in [0.05, 0.1) is 5.56 Å². The van der Waals surface area contributed by atoms with Crippen molar-refractivity contribution in [3.05, 3.63) is 52.0 Å². The monoisotopic (exact) mass is 330 g/mol. The van der Waals surface area contributed by atoms with E-state index in [9.17, 15) is 9.59 Å². The number of hydrogen-bond donors (Lipinski definition) is 1. The predicted octanol–water partition coefficient (Wildman–Crippen LogP) is 1.20. The largest absolute Gasteiger partial charge is 0.364 e. The molecule has 1 saturated heterocycles. The van der Waals surface area contributed by atoms with E-state index in [0.717, 1.165) is 19.6 Å². The van der Waals surface area contributed by atoms with Gasteiger partial charge in [-0.1, -0.05) is 6.07 Å². The van der Waals surface area contributed by atoms with E-state index in [1.807, 2.05) is 4.90 Å². The number of carbonyl (C=O) groups excluding carboxylic acids is 2. The van der Waals surface area contributed by atoms with Crippen LogP contribution in [0.4, 0.5) is 0 Å². The first-order valence-corrected chi connectivity index (χ1v) is 8.31. The highest BCUT2D eigenvalue weighted by molar-refractivity contribution is 7.09. The van der Waals surface area contributed by atoms with E-state index in [0.29, 0.717) is 18.7 Å². The topological polar surface area (TPSA) is 79.5 Å². The Kier molecular flexibility index (Phi) is 4.68. The molecule has 1 aliphatic heterocycles. The first-order valence-electron chi connectivity index (χ1n) is 7.43. The zero-order valence-corrected chi connectivity index (χ0v) is 13.5. The zero-order valence-electron chi connectivity index (χ0n) is 12.6. The molecule has 2 aromatic rings. The Morgan fingerprint density at radius 2 is 1.96 bits per heavy atom. The van der Waals surface area contributed by atoms with Gasteiger partial charge in [0.2, 0.25) is 0 Å². The van der Waals surface area contributed by atoms with Crippen molar-refractivity contribution in [2.45, 2.75) is 6.54 Å². The number of primary amides is 1. The number of hydrogen-bond acceptors (Lipinski definition) is 5. The minimum absolute atomic E-state index is 0.0516. The van der Waals surface area contributed by atoms with Crippen LogP contribution < -0.4 is 5.73 Å². The summed E-state index contributed by atoms with van der Waals surface area (Å²) in [6, 6.07) is 7.28. The van der Waals surface area contributed by atoms with Crippen molar-refractivity contribution in [2.24, 2.45) is 5.73 Å². The van der Waals surface area contributed by atoms with Gasteiger partial charge in [-0.15, -0.1) is 11.3 Å². The van der Waals surface area contributed by atoms with Crippen LogP contribution in [-0.2, 0) is 6.54 Å². The van der Waals surface area contributed by atoms with Gasteiger partial charge in [0.1, 0.15) is 5.69 Å². The van der Waals surface area contributed by atoms with Crippen LogP contribution in [0.2, 0.25) is 0 Å². The highest BCUT2D eigenvalue weighted by Crippen LogP contribution is 2.14. The molecule has 23 heavy (non-hydrogen) atoms. The van der Waals surface area contributed by atoms with E-state index in [-0.39, 0.29) is 11.6 Å². The summed E-state index contributed by atoms with van der Waals surface area (Å²) in [5, 5.41) is 2.08. The van der Waals surface area contributed by atoms with Gasteiger partial charge in [0.25, 0.3) is 11.8 Å². The van der Waals surface area contributed by atoms with Gasteiger partial charge < -0.3 is 10.6 Å². The Labute approximate surface area is 138 Å². The minimum Gasteiger partial charge on any atom is -0.364 e. The highest BCUT2D eigenvalue weighted by Gasteiger charge is 2.22. The first-order chi connectivity index (χ1) is 11.1.